The molecule has 1 saturated carbocycles. The van der Waals surface area contributed by atoms with Gasteiger partial charge >= 0.3 is 0 Å². The lowest BCUT2D eigenvalue weighted by molar-refractivity contribution is -0.0414. The van der Waals surface area contributed by atoms with E-state index in [0.29, 0.717) is 28.9 Å². The van der Waals surface area contributed by atoms with Crippen LogP contribution in [0.15, 0.2) is 23.4 Å². The molecule has 5 nitrogen and oxygen atoms in total. The third kappa shape index (κ3) is 3.09. The molecule has 22 heavy (non-hydrogen) atoms. The molecule has 2 aromatic heterocycles. The van der Waals surface area contributed by atoms with Crippen molar-refractivity contribution in [2.24, 2.45) is 0 Å². The van der Waals surface area contributed by atoms with Crippen LogP contribution in [0.3, 0.4) is 0 Å². The topological polar surface area (TPSA) is 74.8 Å². The molecule has 1 atom stereocenters. The van der Waals surface area contributed by atoms with Crippen molar-refractivity contribution in [1.82, 2.24) is 14.7 Å². The molecule has 1 fully saturated rings. The number of sulfonamides is 1. The van der Waals surface area contributed by atoms with Gasteiger partial charge in [0.05, 0.1) is 5.02 Å². The Morgan fingerprint density at radius 1 is 1.45 bits per heavy atom. The highest BCUT2D eigenvalue weighted by atomic mass is 35.5. The number of halogens is 3. The molecule has 0 bridgehead atoms. The predicted molar refractivity (Wildman–Crippen MR) is 78.6 cm³/mol. The van der Waals surface area contributed by atoms with Crippen molar-refractivity contribution in [3.8, 4) is 0 Å². The summed E-state index contributed by atoms with van der Waals surface area (Å²) in [5.74, 6) is -2.82. The fraction of sp³-hybridized carbons (Fsp3) is 0.462. The van der Waals surface area contributed by atoms with E-state index in [-0.39, 0.29) is 11.3 Å². The number of rotatable bonds is 3. The predicted octanol–water partition coefficient (Wildman–Crippen LogP) is 3.07. The third-order valence-electron chi connectivity index (χ3n) is 3.71. The monoisotopic (exact) mass is 349 g/mol. The van der Waals surface area contributed by atoms with Gasteiger partial charge < -0.3 is 4.98 Å². The van der Waals surface area contributed by atoms with Crippen LogP contribution >= 0.6 is 11.6 Å². The second-order valence-corrected chi connectivity index (χ2v) is 7.59. The van der Waals surface area contributed by atoms with Crippen molar-refractivity contribution < 1.29 is 17.2 Å². The zero-order chi connectivity index (χ0) is 16.0. The Morgan fingerprint density at radius 2 is 2.23 bits per heavy atom. The first-order valence-electron chi connectivity index (χ1n) is 6.80. The van der Waals surface area contributed by atoms with Gasteiger partial charge in [-0.25, -0.2) is 26.9 Å². The maximum Gasteiger partial charge on any atom is 0.249 e. The van der Waals surface area contributed by atoms with E-state index < -0.39 is 28.4 Å². The maximum atomic E-state index is 13.4. The van der Waals surface area contributed by atoms with Crippen molar-refractivity contribution in [2.45, 2.75) is 42.5 Å². The molecule has 0 saturated heterocycles. The number of aromatic nitrogens is 2. The van der Waals surface area contributed by atoms with Crippen molar-refractivity contribution in [3.63, 3.8) is 0 Å². The minimum atomic E-state index is -3.92. The molecule has 120 valence electrons. The average Bonchev–Trinajstić information content (AvgIpc) is 2.80. The molecule has 3 rings (SSSR count). The van der Waals surface area contributed by atoms with Crippen LogP contribution in [-0.2, 0) is 10.0 Å². The lowest BCUT2D eigenvalue weighted by atomic mass is 9.93. The van der Waals surface area contributed by atoms with E-state index >= 15 is 0 Å². The van der Waals surface area contributed by atoms with Gasteiger partial charge in [0.2, 0.25) is 15.9 Å². The minimum Gasteiger partial charge on any atom is -0.345 e. The molecule has 1 unspecified atom stereocenters. The molecule has 1 aliphatic rings. The largest absolute Gasteiger partial charge is 0.345 e. The lowest BCUT2D eigenvalue weighted by Gasteiger charge is -2.29. The van der Waals surface area contributed by atoms with Crippen molar-refractivity contribution in [1.29, 1.82) is 0 Å². The van der Waals surface area contributed by atoms with Gasteiger partial charge in [-0.1, -0.05) is 11.6 Å². The van der Waals surface area contributed by atoms with Gasteiger partial charge in [-0.2, -0.15) is 0 Å². The number of hydrogen-bond acceptors (Lipinski definition) is 3. The summed E-state index contributed by atoms with van der Waals surface area (Å²) in [4.78, 5) is 6.69. The van der Waals surface area contributed by atoms with Gasteiger partial charge in [-0.05, 0) is 18.9 Å². The zero-order valence-corrected chi connectivity index (χ0v) is 13.0. The standard InChI is InChI=1S/C13H14ClF2N3O2S/c14-8-4-10-11(7-18-12(10)17-6-8)22(20,21)19-9-2-1-3-13(15,16)5-9/h4,6-7,9,19H,1-3,5H2,(H,17,18). The summed E-state index contributed by atoms with van der Waals surface area (Å²) in [5.41, 5.74) is 0.374. The van der Waals surface area contributed by atoms with Gasteiger partial charge in [-0.15, -0.1) is 0 Å². The summed E-state index contributed by atoms with van der Waals surface area (Å²) in [6.07, 6.45) is 2.70. The maximum absolute atomic E-state index is 13.4. The van der Waals surface area contributed by atoms with Gasteiger partial charge in [-0.3, -0.25) is 0 Å². The number of H-pyrrole nitrogens is 1. The van der Waals surface area contributed by atoms with Crippen LogP contribution in [-0.4, -0.2) is 30.4 Å². The zero-order valence-electron chi connectivity index (χ0n) is 11.4. The van der Waals surface area contributed by atoms with Crippen LogP contribution in [0.2, 0.25) is 5.02 Å². The molecule has 2 heterocycles. The first kappa shape index (κ1) is 15.6. The van der Waals surface area contributed by atoms with Crippen LogP contribution in [0.1, 0.15) is 25.7 Å². The smallest absolute Gasteiger partial charge is 0.249 e. The number of aromatic amines is 1. The van der Waals surface area contributed by atoms with Crippen LogP contribution in [0.25, 0.3) is 11.0 Å². The number of hydrogen-bond donors (Lipinski definition) is 2. The quantitative estimate of drug-likeness (QED) is 0.894. The number of nitrogens with zero attached hydrogens (tertiary/aromatic N) is 1. The normalized spacial score (nSPS) is 22.0. The first-order chi connectivity index (χ1) is 10.3. The van der Waals surface area contributed by atoms with E-state index in [9.17, 15) is 17.2 Å². The molecule has 0 spiro atoms. The van der Waals surface area contributed by atoms with Gasteiger partial charge in [0.1, 0.15) is 10.5 Å². The molecule has 9 heteroatoms. The second-order valence-electron chi connectivity index (χ2n) is 5.47. The lowest BCUT2D eigenvalue weighted by Crippen LogP contribution is -2.41. The summed E-state index contributed by atoms with van der Waals surface area (Å²) < 4.78 is 54.1. The van der Waals surface area contributed by atoms with E-state index in [1.165, 1.54) is 18.5 Å². The molecule has 1 aliphatic carbocycles. The average molecular weight is 350 g/mol. The summed E-state index contributed by atoms with van der Waals surface area (Å²) in [5, 5.41) is 0.635. The fourth-order valence-corrected chi connectivity index (χ4v) is 4.32. The van der Waals surface area contributed by atoms with E-state index in [4.69, 9.17) is 11.6 Å². The van der Waals surface area contributed by atoms with E-state index in [2.05, 4.69) is 14.7 Å². The Bertz CT molecular complexity index is 807. The van der Waals surface area contributed by atoms with Crippen LogP contribution in [0, 0.1) is 0 Å². The van der Waals surface area contributed by atoms with Gasteiger partial charge in [0.15, 0.2) is 0 Å². The van der Waals surface area contributed by atoms with Crippen LogP contribution < -0.4 is 4.72 Å². The summed E-state index contributed by atoms with van der Waals surface area (Å²) in [6, 6.07) is 0.704. The Balaban J connectivity index is 1.90. The summed E-state index contributed by atoms with van der Waals surface area (Å²) in [7, 11) is -3.92. The number of alkyl halides is 2. The van der Waals surface area contributed by atoms with Gasteiger partial charge in [0.25, 0.3) is 0 Å². The Labute approximate surface area is 131 Å². The molecule has 0 aromatic carbocycles. The Morgan fingerprint density at radius 3 is 2.95 bits per heavy atom. The summed E-state index contributed by atoms with van der Waals surface area (Å²) >= 11 is 5.84. The van der Waals surface area contributed by atoms with Gasteiger partial charge in [0, 0.05) is 36.7 Å². The highest BCUT2D eigenvalue weighted by Crippen LogP contribution is 2.34. The molecule has 2 N–H and O–H groups in total. The number of fused-ring (bicyclic) bond motifs is 1. The van der Waals surface area contributed by atoms with Crippen molar-refractivity contribution in [2.75, 3.05) is 0 Å². The molecule has 0 radical (unpaired) electrons. The second kappa shape index (κ2) is 5.43. The molecular formula is C13H14ClF2N3O2S. The highest BCUT2D eigenvalue weighted by molar-refractivity contribution is 7.89. The number of nitrogens with one attached hydrogen (secondary N) is 2. The molecule has 2 aromatic rings. The van der Waals surface area contributed by atoms with E-state index in [1.54, 1.807) is 0 Å². The summed E-state index contributed by atoms with van der Waals surface area (Å²) in [6.45, 7) is 0. The molecular weight excluding hydrogens is 336 g/mol. The van der Waals surface area contributed by atoms with E-state index in [1.807, 2.05) is 0 Å². The van der Waals surface area contributed by atoms with E-state index in [0.717, 1.165) is 0 Å². The Hall–Kier alpha value is -1.25. The van der Waals surface area contributed by atoms with Crippen LogP contribution in [0.4, 0.5) is 8.78 Å². The van der Waals surface area contributed by atoms with Crippen molar-refractivity contribution in [3.05, 3.63) is 23.5 Å². The minimum absolute atomic E-state index is 0.0358. The fourth-order valence-electron chi connectivity index (χ4n) is 2.73. The highest BCUT2D eigenvalue weighted by Gasteiger charge is 2.38. The molecule has 0 aliphatic heterocycles. The Kier molecular flexibility index (Phi) is 3.86. The van der Waals surface area contributed by atoms with Crippen molar-refractivity contribution >= 4 is 32.7 Å². The SMILES string of the molecule is O=S(=O)(NC1CCCC(F)(F)C1)c1c[nH]c2ncc(Cl)cc12. The first-order valence-corrected chi connectivity index (χ1v) is 8.66. The molecule has 0 amide bonds. The third-order valence-corrected chi connectivity index (χ3v) is 5.48. The number of pyridine rings is 1. The van der Waals surface area contributed by atoms with Crippen LogP contribution in [0.5, 0.6) is 0 Å².